The van der Waals surface area contributed by atoms with Gasteiger partial charge >= 0.3 is 6.09 Å². The van der Waals surface area contributed by atoms with Crippen molar-refractivity contribution in [2.24, 2.45) is 5.92 Å². The number of ether oxygens (including phenoxy) is 2. The highest BCUT2D eigenvalue weighted by molar-refractivity contribution is 5.95. The lowest BCUT2D eigenvalue weighted by molar-refractivity contribution is 0.0522. The van der Waals surface area contributed by atoms with Crippen LogP contribution in [0.2, 0.25) is 0 Å². The largest absolute Gasteiger partial charge is 0.508 e. The summed E-state index contributed by atoms with van der Waals surface area (Å²) in [6.45, 7) is 7.24. The predicted molar refractivity (Wildman–Crippen MR) is 127 cm³/mol. The van der Waals surface area contributed by atoms with Gasteiger partial charge in [-0.15, -0.1) is 0 Å². The number of phenolic OH excluding ortho intramolecular Hbond substituents is 1. The van der Waals surface area contributed by atoms with Gasteiger partial charge in [-0.2, -0.15) is 5.26 Å². The van der Waals surface area contributed by atoms with Gasteiger partial charge in [-0.1, -0.05) is 0 Å². The number of benzene rings is 2. The van der Waals surface area contributed by atoms with Gasteiger partial charge in [0.15, 0.2) is 0 Å². The van der Waals surface area contributed by atoms with Crippen molar-refractivity contribution in [2.45, 2.75) is 45.6 Å². The summed E-state index contributed by atoms with van der Waals surface area (Å²) < 4.78 is 11.0. The van der Waals surface area contributed by atoms with Gasteiger partial charge in [0.25, 0.3) is 5.91 Å². The van der Waals surface area contributed by atoms with Gasteiger partial charge in [0.2, 0.25) is 0 Å². The van der Waals surface area contributed by atoms with Crippen LogP contribution < -0.4 is 10.1 Å². The maximum Gasteiger partial charge on any atom is 0.407 e. The zero-order chi connectivity index (χ0) is 24.7. The topological polar surface area (TPSA) is 112 Å². The van der Waals surface area contributed by atoms with Crippen LogP contribution in [0.25, 0.3) is 0 Å². The van der Waals surface area contributed by atoms with Gasteiger partial charge < -0.3 is 24.8 Å². The van der Waals surface area contributed by atoms with E-state index in [-0.39, 0.29) is 11.7 Å². The maximum atomic E-state index is 13.0. The lowest BCUT2D eigenvalue weighted by Gasteiger charge is -2.32. The molecule has 0 aromatic heterocycles. The summed E-state index contributed by atoms with van der Waals surface area (Å²) in [6.07, 6.45) is 2.10. The third-order valence-electron chi connectivity index (χ3n) is 5.48. The molecular formula is C26H31N3O5. The fourth-order valence-corrected chi connectivity index (χ4v) is 3.80. The van der Waals surface area contributed by atoms with Crippen molar-refractivity contribution in [2.75, 3.05) is 19.6 Å². The van der Waals surface area contributed by atoms with Crippen LogP contribution >= 0.6 is 0 Å². The molecule has 1 heterocycles. The molecule has 0 bridgehead atoms. The summed E-state index contributed by atoms with van der Waals surface area (Å²) in [5.41, 5.74) is 0.353. The lowest BCUT2D eigenvalue weighted by Crippen LogP contribution is -2.39. The van der Waals surface area contributed by atoms with E-state index in [1.165, 1.54) is 12.1 Å². The minimum Gasteiger partial charge on any atom is -0.508 e. The number of phenols is 1. The predicted octanol–water partition coefficient (Wildman–Crippen LogP) is 4.82. The SMILES string of the molecule is CC(C)(C)OC(=O)NCCC1CCN(C(=O)c2cc(O)cc(Oc3ccc(C#N)cc3)c2)CC1. The highest BCUT2D eigenvalue weighted by Crippen LogP contribution is 2.29. The molecule has 0 spiro atoms. The van der Waals surface area contributed by atoms with E-state index in [1.807, 2.05) is 26.8 Å². The van der Waals surface area contributed by atoms with E-state index in [0.717, 1.165) is 19.3 Å². The van der Waals surface area contributed by atoms with Gasteiger partial charge in [-0.05, 0) is 82.3 Å². The summed E-state index contributed by atoms with van der Waals surface area (Å²) in [4.78, 5) is 26.6. The summed E-state index contributed by atoms with van der Waals surface area (Å²) in [7, 11) is 0. The fraction of sp³-hybridized carbons (Fsp3) is 0.423. The number of alkyl carbamates (subject to hydrolysis) is 1. The number of aromatic hydroxyl groups is 1. The van der Waals surface area contributed by atoms with Gasteiger partial charge in [-0.3, -0.25) is 4.79 Å². The van der Waals surface area contributed by atoms with Crippen molar-refractivity contribution in [3.63, 3.8) is 0 Å². The molecule has 3 rings (SSSR count). The van der Waals surface area contributed by atoms with Crippen LogP contribution in [0.1, 0.15) is 56.0 Å². The smallest absolute Gasteiger partial charge is 0.407 e. The number of nitriles is 1. The first-order chi connectivity index (χ1) is 16.1. The molecule has 1 aliphatic heterocycles. The zero-order valence-corrected chi connectivity index (χ0v) is 19.8. The number of carbonyl (C=O) groups is 2. The number of piperidine rings is 1. The summed E-state index contributed by atoms with van der Waals surface area (Å²) >= 11 is 0. The molecule has 0 radical (unpaired) electrons. The molecule has 2 aromatic rings. The van der Waals surface area contributed by atoms with Crippen LogP contribution in [0.3, 0.4) is 0 Å². The minimum atomic E-state index is -0.519. The number of nitrogens with zero attached hydrogens (tertiary/aromatic N) is 2. The molecule has 2 amide bonds. The number of hydrogen-bond acceptors (Lipinski definition) is 6. The first kappa shape index (κ1) is 24.9. The second-order valence-corrected chi connectivity index (χ2v) is 9.41. The number of hydrogen-bond donors (Lipinski definition) is 2. The monoisotopic (exact) mass is 465 g/mol. The Morgan fingerprint density at radius 3 is 2.41 bits per heavy atom. The Bertz CT molecular complexity index is 1050. The minimum absolute atomic E-state index is 0.0578. The summed E-state index contributed by atoms with van der Waals surface area (Å²) in [6, 6.07) is 13.1. The van der Waals surface area contributed by atoms with Gasteiger partial charge in [0.05, 0.1) is 11.6 Å². The first-order valence-electron chi connectivity index (χ1n) is 11.4. The summed E-state index contributed by atoms with van der Waals surface area (Å²) in [5.74, 6) is 1.04. The van der Waals surface area contributed by atoms with Crippen molar-refractivity contribution >= 4 is 12.0 Å². The van der Waals surface area contributed by atoms with E-state index in [4.69, 9.17) is 14.7 Å². The second-order valence-electron chi connectivity index (χ2n) is 9.41. The Balaban J connectivity index is 1.51. The van der Waals surface area contributed by atoms with Crippen LogP contribution in [0, 0.1) is 17.2 Å². The average molecular weight is 466 g/mol. The third-order valence-corrected chi connectivity index (χ3v) is 5.48. The number of rotatable bonds is 6. The third kappa shape index (κ3) is 7.41. The standard InChI is InChI=1S/C26H31N3O5/c1-26(2,3)34-25(32)28-11-8-18-9-12-29(13-10-18)24(31)20-14-21(30)16-23(15-20)33-22-6-4-19(17-27)5-7-22/h4-7,14-16,18,30H,8-13H2,1-3H3,(H,28,32). The van der Waals surface area contributed by atoms with Crippen LogP contribution in [0.15, 0.2) is 42.5 Å². The lowest BCUT2D eigenvalue weighted by atomic mass is 9.93. The molecule has 0 atom stereocenters. The van der Waals surface area contributed by atoms with Gasteiger partial charge in [-0.25, -0.2) is 4.79 Å². The first-order valence-corrected chi connectivity index (χ1v) is 11.4. The van der Waals surface area contributed by atoms with E-state index in [9.17, 15) is 14.7 Å². The second kappa shape index (κ2) is 10.9. The van der Waals surface area contributed by atoms with Crippen LogP contribution in [0.5, 0.6) is 17.2 Å². The molecule has 8 nitrogen and oxygen atoms in total. The van der Waals surface area contributed by atoms with E-state index in [1.54, 1.807) is 35.2 Å². The van der Waals surface area contributed by atoms with Crippen LogP contribution in [0.4, 0.5) is 4.79 Å². The number of amides is 2. The number of likely N-dealkylation sites (tertiary alicyclic amines) is 1. The molecule has 1 fully saturated rings. The van der Waals surface area contributed by atoms with Crippen molar-refractivity contribution < 1.29 is 24.2 Å². The number of nitrogens with one attached hydrogen (secondary N) is 1. The molecule has 1 aliphatic rings. The van der Waals surface area contributed by atoms with E-state index < -0.39 is 11.7 Å². The fourth-order valence-electron chi connectivity index (χ4n) is 3.80. The Morgan fingerprint density at radius 2 is 1.79 bits per heavy atom. The Labute approximate surface area is 200 Å². The van der Waals surface area contributed by atoms with Crippen LogP contribution in [-0.2, 0) is 4.74 Å². The van der Waals surface area contributed by atoms with E-state index in [0.29, 0.717) is 48.2 Å². The van der Waals surface area contributed by atoms with Crippen molar-refractivity contribution in [3.8, 4) is 23.3 Å². The average Bonchev–Trinajstić information content (AvgIpc) is 2.78. The molecule has 1 saturated heterocycles. The zero-order valence-electron chi connectivity index (χ0n) is 19.8. The van der Waals surface area contributed by atoms with Crippen molar-refractivity contribution in [1.82, 2.24) is 10.2 Å². The molecule has 0 aliphatic carbocycles. The Morgan fingerprint density at radius 1 is 1.12 bits per heavy atom. The molecular weight excluding hydrogens is 434 g/mol. The normalized spacial score (nSPS) is 14.2. The molecule has 0 unspecified atom stereocenters. The van der Waals surface area contributed by atoms with Gasteiger partial charge in [0, 0.05) is 31.3 Å². The highest BCUT2D eigenvalue weighted by atomic mass is 16.6. The van der Waals surface area contributed by atoms with E-state index >= 15 is 0 Å². The Hall–Kier alpha value is -3.73. The highest BCUT2D eigenvalue weighted by Gasteiger charge is 2.25. The molecule has 2 N–H and O–H groups in total. The van der Waals surface area contributed by atoms with E-state index in [2.05, 4.69) is 5.32 Å². The molecule has 34 heavy (non-hydrogen) atoms. The molecule has 2 aromatic carbocycles. The van der Waals surface area contributed by atoms with Crippen LogP contribution in [-0.4, -0.2) is 47.2 Å². The molecule has 0 saturated carbocycles. The Kier molecular flexibility index (Phi) is 8.00. The van der Waals surface area contributed by atoms with Gasteiger partial charge in [0.1, 0.15) is 22.8 Å². The van der Waals surface area contributed by atoms with Crippen molar-refractivity contribution in [1.29, 1.82) is 5.26 Å². The molecule has 180 valence electrons. The maximum absolute atomic E-state index is 13.0. The quantitative estimate of drug-likeness (QED) is 0.632. The van der Waals surface area contributed by atoms with Crippen molar-refractivity contribution in [3.05, 3.63) is 53.6 Å². The summed E-state index contributed by atoms with van der Waals surface area (Å²) in [5, 5.41) is 21.8. The molecule has 8 heteroatoms. The number of carbonyl (C=O) groups excluding carboxylic acids is 2.